The lowest BCUT2D eigenvalue weighted by Gasteiger charge is -2.44. The van der Waals surface area contributed by atoms with E-state index in [0.29, 0.717) is 12.5 Å². The van der Waals surface area contributed by atoms with Gasteiger partial charge in [0.25, 0.3) is 0 Å². The number of hydrogen-bond donors (Lipinski definition) is 1. The van der Waals surface area contributed by atoms with E-state index in [1.807, 2.05) is 0 Å². The zero-order valence-electron chi connectivity index (χ0n) is 12.4. The zero-order valence-corrected chi connectivity index (χ0v) is 13.2. The van der Waals surface area contributed by atoms with Gasteiger partial charge in [-0.15, -0.1) is 0 Å². The van der Waals surface area contributed by atoms with Crippen LogP contribution < -0.4 is 5.73 Å². The van der Waals surface area contributed by atoms with Gasteiger partial charge in [-0.05, 0) is 31.6 Å². The molecule has 0 amide bonds. The van der Waals surface area contributed by atoms with Gasteiger partial charge in [0.1, 0.15) is 4.90 Å². The Hall–Kier alpha value is -0.920. The van der Waals surface area contributed by atoms with Crippen molar-refractivity contribution in [3.8, 4) is 0 Å². The lowest BCUT2D eigenvalue weighted by molar-refractivity contribution is 0.135. The van der Waals surface area contributed by atoms with Crippen molar-refractivity contribution in [2.45, 2.75) is 43.0 Å². The van der Waals surface area contributed by atoms with E-state index in [1.165, 1.54) is 21.4 Å². The largest absolute Gasteiger partial charge is 0.329 e. The molecule has 0 bridgehead atoms. The van der Waals surface area contributed by atoms with E-state index >= 15 is 0 Å². The molecule has 6 nitrogen and oxygen atoms in total. The third-order valence-corrected chi connectivity index (χ3v) is 6.51. The molecular weight excluding hydrogens is 276 g/mol. The first-order chi connectivity index (χ1) is 9.32. The topological polar surface area (TPSA) is 81.2 Å². The molecule has 20 heavy (non-hydrogen) atoms. The Balaban J connectivity index is 2.31. The maximum Gasteiger partial charge on any atom is 0.246 e. The number of hydrogen-bond acceptors (Lipinski definition) is 4. The van der Waals surface area contributed by atoms with Crippen LogP contribution >= 0.6 is 0 Å². The lowest BCUT2D eigenvalue weighted by atomic mass is 9.77. The van der Waals surface area contributed by atoms with Crippen LogP contribution in [-0.2, 0) is 17.1 Å². The summed E-state index contributed by atoms with van der Waals surface area (Å²) in [5.41, 5.74) is 5.48. The first kappa shape index (κ1) is 15.5. The number of rotatable bonds is 4. The standard InChI is InChI=1S/C13H24N4O2S/c1-11-4-6-13(10-14,7-5-11)17(3)20(18,19)12-8-15-16(2)9-12/h8-9,11H,4-7,10,14H2,1-3H3. The zero-order chi connectivity index (χ0) is 15.0. The van der Waals surface area contributed by atoms with E-state index < -0.39 is 15.6 Å². The van der Waals surface area contributed by atoms with Crippen molar-refractivity contribution in [3.63, 3.8) is 0 Å². The fraction of sp³-hybridized carbons (Fsp3) is 0.769. The highest BCUT2D eigenvalue weighted by molar-refractivity contribution is 7.89. The van der Waals surface area contributed by atoms with Gasteiger partial charge < -0.3 is 5.73 Å². The molecule has 0 spiro atoms. The molecule has 0 radical (unpaired) electrons. The summed E-state index contributed by atoms with van der Waals surface area (Å²) in [6, 6.07) is 0. The minimum absolute atomic E-state index is 0.231. The van der Waals surface area contributed by atoms with Gasteiger partial charge >= 0.3 is 0 Å². The number of aryl methyl sites for hydroxylation is 1. The van der Waals surface area contributed by atoms with Crippen LogP contribution in [0, 0.1) is 5.92 Å². The number of likely N-dealkylation sites (N-methyl/N-ethyl adjacent to an activating group) is 1. The minimum atomic E-state index is -3.54. The third kappa shape index (κ3) is 2.62. The Kier molecular flexibility index (Phi) is 4.22. The van der Waals surface area contributed by atoms with Gasteiger partial charge in [0.05, 0.1) is 6.20 Å². The van der Waals surface area contributed by atoms with E-state index in [-0.39, 0.29) is 4.90 Å². The van der Waals surface area contributed by atoms with Crippen molar-refractivity contribution in [2.24, 2.45) is 18.7 Å². The summed E-state index contributed by atoms with van der Waals surface area (Å²) in [5, 5.41) is 3.95. The van der Waals surface area contributed by atoms with E-state index in [2.05, 4.69) is 12.0 Å². The van der Waals surface area contributed by atoms with Crippen LogP contribution in [0.25, 0.3) is 0 Å². The quantitative estimate of drug-likeness (QED) is 0.897. The average Bonchev–Trinajstić information content (AvgIpc) is 2.87. The lowest BCUT2D eigenvalue weighted by Crippen LogP contribution is -2.55. The van der Waals surface area contributed by atoms with Crippen molar-refractivity contribution >= 4 is 10.0 Å². The van der Waals surface area contributed by atoms with Crippen LogP contribution in [0.3, 0.4) is 0 Å². The normalized spacial score (nSPS) is 27.9. The molecule has 1 aromatic heterocycles. The average molecular weight is 300 g/mol. The molecule has 1 heterocycles. The Labute approximate surface area is 121 Å². The molecule has 0 unspecified atom stereocenters. The Bertz CT molecular complexity index is 559. The minimum Gasteiger partial charge on any atom is -0.329 e. The molecule has 0 aliphatic heterocycles. The van der Waals surface area contributed by atoms with Crippen LogP contribution in [0.4, 0.5) is 0 Å². The molecule has 7 heteroatoms. The van der Waals surface area contributed by atoms with Crippen molar-refractivity contribution in [1.29, 1.82) is 0 Å². The highest BCUT2D eigenvalue weighted by Crippen LogP contribution is 2.37. The van der Waals surface area contributed by atoms with Gasteiger partial charge in [-0.3, -0.25) is 4.68 Å². The van der Waals surface area contributed by atoms with Crippen molar-refractivity contribution in [1.82, 2.24) is 14.1 Å². The van der Waals surface area contributed by atoms with Crippen LogP contribution in [0.15, 0.2) is 17.3 Å². The predicted octanol–water partition coefficient (Wildman–Crippen LogP) is 0.948. The summed E-state index contributed by atoms with van der Waals surface area (Å²) in [4.78, 5) is 0.231. The molecular formula is C13H24N4O2S. The van der Waals surface area contributed by atoms with E-state index in [4.69, 9.17) is 5.73 Å². The Morgan fingerprint density at radius 3 is 2.55 bits per heavy atom. The summed E-state index contributed by atoms with van der Waals surface area (Å²) < 4.78 is 28.4. The van der Waals surface area contributed by atoms with E-state index in [1.54, 1.807) is 14.1 Å². The summed E-state index contributed by atoms with van der Waals surface area (Å²) in [7, 11) is -0.183. The first-order valence-corrected chi connectivity index (χ1v) is 8.43. The van der Waals surface area contributed by atoms with Gasteiger partial charge in [-0.25, -0.2) is 8.42 Å². The smallest absolute Gasteiger partial charge is 0.246 e. The van der Waals surface area contributed by atoms with Crippen molar-refractivity contribution in [2.75, 3.05) is 13.6 Å². The van der Waals surface area contributed by atoms with E-state index in [9.17, 15) is 8.42 Å². The molecule has 1 aliphatic rings. The van der Waals surface area contributed by atoms with E-state index in [0.717, 1.165) is 25.7 Å². The molecule has 0 aromatic carbocycles. The molecule has 0 atom stereocenters. The van der Waals surface area contributed by atoms with Crippen LogP contribution in [-0.4, -0.2) is 41.6 Å². The molecule has 1 saturated carbocycles. The molecule has 114 valence electrons. The molecule has 1 aromatic rings. The fourth-order valence-corrected chi connectivity index (χ4v) is 4.44. The fourth-order valence-electron chi connectivity index (χ4n) is 2.89. The van der Waals surface area contributed by atoms with Crippen molar-refractivity contribution in [3.05, 3.63) is 12.4 Å². The van der Waals surface area contributed by atoms with Gasteiger partial charge in [-0.1, -0.05) is 6.92 Å². The predicted molar refractivity (Wildman–Crippen MR) is 77.6 cm³/mol. The second-order valence-electron chi connectivity index (χ2n) is 5.93. The van der Waals surface area contributed by atoms with Crippen LogP contribution in [0.1, 0.15) is 32.6 Å². The Morgan fingerprint density at radius 2 is 2.10 bits per heavy atom. The number of nitrogens with zero attached hydrogens (tertiary/aromatic N) is 3. The summed E-state index contributed by atoms with van der Waals surface area (Å²) in [6.45, 7) is 2.56. The van der Waals surface area contributed by atoms with Crippen LogP contribution in [0.5, 0.6) is 0 Å². The molecule has 2 N–H and O–H groups in total. The monoisotopic (exact) mass is 300 g/mol. The number of sulfonamides is 1. The highest BCUT2D eigenvalue weighted by atomic mass is 32.2. The van der Waals surface area contributed by atoms with Gasteiger partial charge in [0, 0.05) is 32.4 Å². The third-order valence-electron chi connectivity index (χ3n) is 4.59. The van der Waals surface area contributed by atoms with Gasteiger partial charge in [0.2, 0.25) is 10.0 Å². The maximum absolute atomic E-state index is 12.7. The summed E-state index contributed by atoms with van der Waals surface area (Å²) in [6.07, 6.45) is 6.60. The van der Waals surface area contributed by atoms with Crippen LogP contribution in [0.2, 0.25) is 0 Å². The first-order valence-electron chi connectivity index (χ1n) is 6.99. The second-order valence-corrected chi connectivity index (χ2v) is 7.90. The molecule has 1 aliphatic carbocycles. The molecule has 0 saturated heterocycles. The second kappa shape index (κ2) is 5.46. The maximum atomic E-state index is 12.7. The number of nitrogens with two attached hydrogens (primary N) is 1. The molecule has 1 fully saturated rings. The number of aromatic nitrogens is 2. The summed E-state index contributed by atoms with van der Waals surface area (Å²) in [5.74, 6) is 0.643. The summed E-state index contributed by atoms with van der Waals surface area (Å²) >= 11 is 0. The van der Waals surface area contributed by atoms with Gasteiger partial charge in [-0.2, -0.15) is 9.40 Å². The molecule has 2 rings (SSSR count). The van der Waals surface area contributed by atoms with Gasteiger partial charge in [0.15, 0.2) is 0 Å². The van der Waals surface area contributed by atoms with Crippen molar-refractivity contribution < 1.29 is 8.42 Å². The Morgan fingerprint density at radius 1 is 1.50 bits per heavy atom. The highest BCUT2D eigenvalue weighted by Gasteiger charge is 2.42. The SMILES string of the molecule is CC1CCC(CN)(N(C)S(=O)(=O)c2cnn(C)c2)CC1.